The number of amides is 2. The van der Waals surface area contributed by atoms with E-state index >= 15 is 0 Å². The first-order chi connectivity index (χ1) is 13.6. The highest BCUT2D eigenvalue weighted by Crippen LogP contribution is 2.26. The fraction of sp³-hybridized carbons (Fsp3) is 0.444. The van der Waals surface area contributed by atoms with Crippen molar-refractivity contribution < 1.29 is 22.8 Å². The van der Waals surface area contributed by atoms with E-state index in [1.54, 1.807) is 37.6 Å². The van der Waals surface area contributed by atoms with Gasteiger partial charge < -0.3 is 9.80 Å². The van der Waals surface area contributed by atoms with E-state index in [1.165, 1.54) is 16.6 Å². The van der Waals surface area contributed by atoms with Gasteiger partial charge >= 0.3 is 6.18 Å². The number of halogens is 4. The van der Waals surface area contributed by atoms with E-state index in [2.05, 4.69) is 10.1 Å². The van der Waals surface area contributed by atoms with Crippen LogP contribution in [-0.4, -0.2) is 57.8 Å². The summed E-state index contributed by atoms with van der Waals surface area (Å²) in [5.41, 5.74) is 1.06. The standard InChI is InChI=1S/C18H21ClF3N5O2/c1-3-26(14-12-27(24-17(14)19)13-5-4-9-23-11-13)16(29)7-10-25(2)15(28)6-8-18(20,21)22/h4-5,9,11-12H,3,6-8,10H2,1-2H3. The average molecular weight is 432 g/mol. The third-order valence-corrected chi connectivity index (χ3v) is 4.45. The van der Waals surface area contributed by atoms with E-state index in [0.29, 0.717) is 17.9 Å². The number of pyridine rings is 1. The van der Waals surface area contributed by atoms with Crippen molar-refractivity contribution in [2.24, 2.45) is 0 Å². The number of hydrogen-bond acceptors (Lipinski definition) is 4. The van der Waals surface area contributed by atoms with Crippen LogP contribution in [0.25, 0.3) is 5.69 Å². The Morgan fingerprint density at radius 1 is 1.24 bits per heavy atom. The normalized spacial score (nSPS) is 11.4. The molecule has 0 N–H and O–H groups in total. The smallest absolute Gasteiger partial charge is 0.345 e. The summed E-state index contributed by atoms with van der Waals surface area (Å²) in [5, 5.41) is 4.30. The van der Waals surface area contributed by atoms with Crippen molar-refractivity contribution >= 4 is 29.1 Å². The molecule has 2 amide bonds. The van der Waals surface area contributed by atoms with Crippen LogP contribution in [0.4, 0.5) is 18.9 Å². The molecule has 0 spiro atoms. The van der Waals surface area contributed by atoms with E-state index in [1.807, 2.05) is 0 Å². The highest BCUT2D eigenvalue weighted by atomic mass is 35.5. The Kier molecular flexibility index (Phi) is 7.60. The molecule has 0 aliphatic carbocycles. The van der Waals surface area contributed by atoms with Crippen molar-refractivity contribution in [2.45, 2.75) is 32.4 Å². The molecule has 29 heavy (non-hydrogen) atoms. The number of hydrogen-bond donors (Lipinski definition) is 0. The Labute approximate surface area is 171 Å². The van der Waals surface area contributed by atoms with E-state index in [4.69, 9.17) is 11.6 Å². The molecule has 0 radical (unpaired) electrons. The molecule has 7 nitrogen and oxygen atoms in total. The molecule has 0 saturated heterocycles. The molecule has 0 aliphatic rings. The fourth-order valence-electron chi connectivity index (χ4n) is 2.59. The fourth-order valence-corrected chi connectivity index (χ4v) is 2.82. The molecule has 0 saturated carbocycles. The van der Waals surface area contributed by atoms with Gasteiger partial charge in [0.05, 0.1) is 24.5 Å². The maximum atomic E-state index is 12.6. The summed E-state index contributed by atoms with van der Waals surface area (Å²) in [6.07, 6.45) is -1.48. The number of nitrogens with zero attached hydrogens (tertiary/aromatic N) is 5. The molecule has 2 aromatic rings. The molecule has 2 rings (SSSR count). The molecular formula is C18H21ClF3N5O2. The number of alkyl halides is 3. The number of carbonyl (C=O) groups excluding carboxylic acids is 2. The Hall–Kier alpha value is -2.62. The summed E-state index contributed by atoms with van der Waals surface area (Å²) in [7, 11) is 1.37. The van der Waals surface area contributed by atoms with Crippen LogP contribution in [0.1, 0.15) is 26.2 Å². The highest BCUT2D eigenvalue weighted by molar-refractivity contribution is 6.32. The molecule has 0 atom stereocenters. The summed E-state index contributed by atoms with van der Waals surface area (Å²) in [5.74, 6) is -0.990. The Balaban J connectivity index is 2.00. The Bertz CT molecular complexity index is 842. The van der Waals surface area contributed by atoms with Gasteiger partial charge in [-0.1, -0.05) is 11.6 Å². The van der Waals surface area contributed by atoms with Crippen molar-refractivity contribution in [2.75, 3.05) is 25.0 Å². The number of anilines is 1. The molecule has 11 heteroatoms. The third-order valence-electron chi connectivity index (χ3n) is 4.18. The molecule has 0 unspecified atom stereocenters. The van der Waals surface area contributed by atoms with Crippen LogP contribution >= 0.6 is 11.6 Å². The quantitative estimate of drug-likeness (QED) is 0.641. The lowest BCUT2D eigenvalue weighted by Gasteiger charge is -2.22. The van der Waals surface area contributed by atoms with Gasteiger partial charge in [-0.05, 0) is 19.1 Å². The minimum atomic E-state index is -4.39. The molecule has 0 bridgehead atoms. The first-order valence-electron chi connectivity index (χ1n) is 8.89. The maximum absolute atomic E-state index is 12.6. The second kappa shape index (κ2) is 9.73. The number of carbonyl (C=O) groups is 2. The summed E-state index contributed by atoms with van der Waals surface area (Å²) in [6, 6.07) is 3.51. The number of rotatable bonds is 8. The lowest BCUT2D eigenvalue weighted by atomic mass is 10.2. The maximum Gasteiger partial charge on any atom is 0.389 e. The summed E-state index contributed by atoms with van der Waals surface area (Å²) in [6.45, 7) is 2.07. The van der Waals surface area contributed by atoms with Gasteiger partial charge in [-0.15, -0.1) is 0 Å². The first-order valence-corrected chi connectivity index (χ1v) is 9.26. The minimum Gasteiger partial charge on any atom is -0.345 e. The SMILES string of the molecule is CCN(C(=O)CCN(C)C(=O)CCC(F)(F)F)c1cn(-c2cccnc2)nc1Cl. The van der Waals surface area contributed by atoms with Gasteiger partial charge in [0.2, 0.25) is 11.8 Å². The van der Waals surface area contributed by atoms with Gasteiger partial charge in [0.15, 0.2) is 5.15 Å². The van der Waals surface area contributed by atoms with Crippen molar-refractivity contribution in [1.82, 2.24) is 19.7 Å². The average Bonchev–Trinajstić information content (AvgIpc) is 3.06. The van der Waals surface area contributed by atoms with Crippen molar-refractivity contribution in [3.8, 4) is 5.69 Å². The number of aromatic nitrogens is 3. The van der Waals surface area contributed by atoms with Crippen molar-refractivity contribution in [1.29, 1.82) is 0 Å². The Morgan fingerprint density at radius 2 is 1.97 bits per heavy atom. The molecule has 0 aliphatic heterocycles. The van der Waals surface area contributed by atoms with E-state index in [-0.39, 0.29) is 24.0 Å². The van der Waals surface area contributed by atoms with Gasteiger partial charge in [-0.25, -0.2) is 4.68 Å². The zero-order valence-corrected chi connectivity index (χ0v) is 16.7. The van der Waals surface area contributed by atoms with Crippen LogP contribution in [0.3, 0.4) is 0 Å². The van der Waals surface area contributed by atoms with Gasteiger partial charge in [0.1, 0.15) is 5.69 Å². The third kappa shape index (κ3) is 6.45. The second-order valence-corrected chi connectivity index (χ2v) is 6.64. The first kappa shape index (κ1) is 22.7. The summed E-state index contributed by atoms with van der Waals surface area (Å²) < 4.78 is 38.2. The van der Waals surface area contributed by atoms with Gasteiger partial charge in [0.25, 0.3) is 0 Å². The van der Waals surface area contributed by atoms with Crippen LogP contribution < -0.4 is 4.90 Å². The topological polar surface area (TPSA) is 71.3 Å². The molecule has 2 aromatic heterocycles. The second-order valence-electron chi connectivity index (χ2n) is 6.28. The van der Waals surface area contributed by atoms with Crippen molar-refractivity contribution in [3.63, 3.8) is 0 Å². The van der Waals surface area contributed by atoms with Gasteiger partial charge in [0, 0.05) is 39.2 Å². The van der Waals surface area contributed by atoms with E-state index in [9.17, 15) is 22.8 Å². The van der Waals surface area contributed by atoms with Crippen LogP contribution in [0, 0.1) is 0 Å². The van der Waals surface area contributed by atoms with E-state index < -0.39 is 24.9 Å². The highest BCUT2D eigenvalue weighted by Gasteiger charge is 2.29. The largest absolute Gasteiger partial charge is 0.389 e. The minimum absolute atomic E-state index is 0.000382. The molecule has 0 aromatic carbocycles. The molecule has 158 valence electrons. The predicted octanol–water partition coefficient (Wildman–Crippen LogP) is 3.46. The van der Waals surface area contributed by atoms with Gasteiger partial charge in [-0.3, -0.25) is 14.6 Å². The van der Waals surface area contributed by atoms with Crippen LogP contribution in [0.15, 0.2) is 30.7 Å². The Morgan fingerprint density at radius 3 is 2.55 bits per heavy atom. The van der Waals surface area contributed by atoms with Crippen molar-refractivity contribution in [3.05, 3.63) is 35.9 Å². The summed E-state index contributed by atoms with van der Waals surface area (Å²) in [4.78, 5) is 30.9. The van der Waals surface area contributed by atoms with Gasteiger partial charge in [-0.2, -0.15) is 18.3 Å². The molecular weight excluding hydrogens is 411 g/mol. The lowest BCUT2D eigenvalue weighted by molar-refractivity contribution is -0.148. The van der Waals surface area contributed by atoms with Crippen LogP contribution in [-0.2, 0) is 9.59 Å². The molecule has 2 heterocycles. The lowest BCUT2D eigenvalue weighted by Crippen LogP contribution is -2.35. The predicted molar refractivity (Wildman–Crippen MR) is 102 cm³/mol. The zero-order valence-electron chi connectivity index (χ0n) is 16.0. The van der Waals surface area contributed by atoms with Crippen LogP contribution in [0.2, 0.25) is 5.15 Å². The monoisotopic (exact) mass is 431 g/mol. The molecule has 0 fully saturated rings. The van der Waals surface area contributed by atoms with E-state index in [0.717, 1.165) is 4.90 Å². The summed E-state index contributed by atoms with van der Waals surface area (Å²) >= 11 is 6.19. The zero-order chi connectivity index (χ0) is 21.6. The van der Waals surface area contributed by atoms with Crippen LogP contribution in [0.5, 0.6) is 0 Å².